The van der Waals surface area contributed by atoms with Gasteiger partial charge in [-0.1, -0.05) is 0 Å². The molecular weight excluding hydrogens is 406 g/mol. The van der Waals surface area contributed by atoms with Crippen LogP contribution in [-0.4, -0.2) is 70.8 Å². The molecule has 1 saturated carbocycles. The van der Waals surface area contributed by atoms with Crippen molar-refractivity contribution in [3.8, 4) is 0 Å². The topological polar surface area (TPSA) is 87.5 Å². The fourth-order valence-electron chi connectivity index (χ4n) is 4.06. The first-order valence-corrected chi connectivity index (χ1v) is 11.0. The molecule has 3 heterocycles. The van der Waals surface area contributed by atoms with E-state index in [0.717, 1.165) is 18.1 Å². The van der Waals surface area contributed by atoms with Gasteiger partial charge in [-0.3, -0.25) is 14.2 Å². The van der Waals surface area contributed by atoms with Gasteiger partial charge in [-0.15, -0.1) is 10.2 Å². The van der Waals surface area contributed by atoms with Gasteiger partial charge in [0, 0.05) is 52.5 Å². The Labute approximate surface area is 186 Å². The maximum Gasteiger partial charge on any atom is 0.274 e. The summed E-state index contributed by atoms with van der Waals surface area (Å²) in [5.41, 5.74) is 2.13. The Kier molecular flexibility index (Phi) is 5.24. The largest absolute Gasteiger partial charge is 0.368 e. The zero-order valence-corrected chi connectivity index (χ0v) is 18.4. The minimum Gasteiger partial charge on any atom is -0.368 e. The average Bonchev–Trinajstić information content (AvgIpc) is 3.64. The van der Waals surface area contributed by atoms with Crippen LogP contribution in [0.25, 0.3) is 10.9 Å². The number of hydrogen-bond donors (Lipinski definition) is 0. The molecule has 2 fully saturated rings. The van der Waals surface area contributed by atoms with Gasteiger partial charge < -0.3 is 14.7 Å². The van der Waals surface area contributed by atoms with E-state index in [2.05, 4.69) is 20.1 Å². The van der Waals surface area contributed by atoms with E-state index < -0.39 is 0 Å². The molecule has 0 bridgehead atoms. The summed E-state index contributed by atoms with van der Waals surface area (Å²) in [7, 11) is 3.77. The van der Waals surface area contributed by atoms with Crippen molar-refractivity contribution in [3.63, 3.8) is 0 Å². The Bertz CT molecular complexity index is 1190. The summed E-state index contributed by atoms with van der Waals surface area (Å²) in [4.78, 5) is 36.0. The zero-order chi connectivity index (χ0) is 22.2. The van der Waals surface area contributed by atoms with Crippen molar-refractivity contribution in [2.75, 3.05) is 50.1 Å². The van der Waals surface area contributed by atoms with E-state index in [4.69, 9.17) is 0 Å². The first kappa shape index (κ1) is 20.4. The molecule has 0 N–H and O–H groups in total. The number of hydrogen-bond acceptors (Lipinski definition) is 7. The number of amides is 1. The number of benzene rings is 1. The van der Waals surface area contributed by atoms with Gasteiger partial charge in [0.05, 0.1) is 17.2 Å². The van der Waals surface area contributed by atoms with Crippen LogP contribution in [0.2, 0.25) is 0 Å². The average molecular weight is 434 g/mol. The van der Waals surface area contributed by atoms with Gasteiger partial charge in [0.1, 0.15) is 0 Å². The number of piperazine rings is 1. The third-order valence-electron chi connectivity index (χ3n) is 6.22. The fraction of sp³-hybridized carbons (Fsp3) is 0.435. The van der Waals surface area contributed by atoms with Crippen molar-refractivity contribution in [1.29, 1.82) is 0 Å². The first-order chi connectivity index (χ1) is 15.5. The number of carbonyl (C=O) groups is 1. The highest BCUT2D eigenvalue weighted by atomic mass is 16.2. The van der Waals surface area contributed by atoms with Crippen LogP contribution in [0.1, 0.15) is 23.3 Å². The van der Waals surface area contributed by atoms with Crippen LogP contribution in [0, 0.1) is 5.92 Å². The molecule has 1 amide bonds. The first-order valence-electron chi connectivity index (χ1n) is 11.0. The van der Waals surface area contributed by atoms with E-state index >= 15 is 0 Å². The van der Waals surface area contributed by atoms with Gasteiger partial charge in [0.15, 0.2) is 11.5 Å². The minimum absolute atomic E-state index is 0.0326. The van der Waals surface area contributed by atoms with Gasteiger partial charge in [0.2, 0.25) is 0 Å². The highest BCUT2D eigenvalue weighted by molar-refractivity contribution is 5.92. The van der Waals surface area contributed by atoms with Crippen LogP contribution in [0.4, 0.5) is 11.5 Å². The lowest BCUT2D eigenvalue weighted by molar-refractivity contribution is 0.0739. The molecular formula is C23H27N7O2. The second-order valence-corrected chi connectivity index (χ2v) is 8.80. The van der Waals surface area contributed by atoms with Crippen molar-refractivity contribution >= 4 is 28.3 Å². The molecule has 166 valence electrons. The molecule has 3 aromatic rings. The van der Waals surface area contributed by atoms with Gasteiger partial charge in [0.25, 0.3) is 11.5 Å². The van der Waals surface area contributed by atoms with Crippen molar-refractivity contribution < 1.29 is 4.79 Å². The van der Waals surface area contributed by atoms with Gasteiger partial charge in [-0.25, -0.2) is 4.98 Å². The Balaban J connectivity index is 1.26. The molecule has 32 heavy (non-hydrogen) atoms. The summed E-state index contributed by atoms with van der Waals surface area (Å²) in [6, 6.07) is 9.36. The Morgan fingerprint density at radius 3 is 2.50 bits per heavy atom. The molecule has 5 rings (SSSR count). The molecule has 0 atom stereocenters. The number of anilines is 2. The lowest BCUT2D eigenvalue weighted by Crippen LogP contribution is -2.49. The predicted octanol–water partition coefficient (Wildman–Crippen LogP) is 1.62. The van der Waals surface area contributed by atoms with E-state index in [1.54, 1.807) is 23.0 Å². The van der Waals surface area contributed by atoms with Gasteiger partial charge >= 0.3 is 0 Å². The quantitative estimate of drug-likeness (QED) is 0.604. The van der Waals surface area contributed by atoms with Crippen LogP contribution in [0.15, 0.2) is 41.5 Å². The SMILES string of the molecule is CN(C)c1ccc(C(=O)N2CCN(c3ccc4c(=O)n(CC5CC5)cnc4c3)CC2)nn1. The lowest BCUT2D eigenvalue weighted by atomic mass is 10.2. The Morgan fingerprint density at radius 1 is 1.06 bits per heavy atom. The van der Waals surface area contributed by atoms with Crippen molar-refractivity contribution in [1.82, 2.24) is 24.6 Å². The predicted molar refractivity (Wildman–Crippen MR) is 123 cm³/mol. The normalized spacial score (nSPS) is 16.4. The van der Waals surface area contributed by atoms with Crippen LogP contribution in [0.5, 0.6) is 0 Å². The van der Waals surface area contributed by atoms with E-state index in [0.29, 0.717) is 48.7 Å². The van der Waals surface area contributed by atoms with E-state index in [1.165, 1.54) is 12.8 Å². The monoisotopic (exact) mass is 433 g/mol. The van der Waals surface area contributed by atoms with Crippen LogP contribution in [-0.2, 0) is 6.54 Å². The summed E-state index contributed by atoms with van der Waals surface area (Å²) in [6.07, 6.45) is 4.07. The van der Waals surface area contributed by atoms with Crippen LogP contribution >= 0.6 is 0 Å². The van der Waals surface area contributed by atoms with Gasteiger partial charge in [-0.2, -0.15) is 0 Å². The fourth-order valence-corrected chi connectivity index (χ4v) is 4.06. The number of carbonyl (C=O) groups excluding carboxylic acids is 1. The lowest BCUT2D eigenvalue weighted by Gasteiger charge is -2.36. The van der Waals surface area contributed by atoms with E-state index in [-0.39, 0.29) is 11.5 Å². The zero-order valence-electron chi connectivity index (χ0n) is 18.4. The number of aromatic nitrogens is 4. The molecule has 2 aromatic heterocycles. The Morgan fingerprint density at radius 2 is 1.84 bits per heavy atom. The Hall–Kier alpha value is -3.49. The number of nitrogens with zero attached hydrogens (tertiary/aromatic N) is 7. The summed E-state index contributed by atoms with van der Waals surface area (Å²) in [6.45, 7) is 3.38. The molecule has 0 spiro atoms. The highest BCUT2D eigenvalue weighted by Gasteiger charge is 2.25. The summed E-state index contributed by atoms with van der Waals surface area (Å²) < 4.78 is 1.73. The van der Waals surface area contributed by atoms with Gasteiger partial charge in [-0.05, 0) is 49.1 Å². The molecule has 0 radical (unpaired) electrons. The van der Waals surface area contributed by atoms with Crippen LogP contribution < -0.4 is 15.4 Å². The third-order valence-corrected chi connectivity index (χ3v) is 6.22. The van der Waals surface area contributed by atoms with E-state index in [9.17, 15) is 9.59 Å². The van der Waals surface area contributed by atoms with Crippen molar-refractivity contribution in [2.45, 2.75) is 19.4 Å². The molecule has 1 aliphatic heterocycles. The van der Waals surface area contributed by atoms with Crippen molar-refractivity contribution in [2.24, 2.45) is 5.92 Å². The highest BCUT2D eigenvalue weighted by Crippen LogP contribution is 2.30. The number of fused-ring (bicyclic) bond motifs is 1. The second kappa shape index (κ2) is 8.22. The maximum absolute atomic E-state index is 12.8. The third kappa shape index (κ3) is 4.02. The summed E-state index contributed by atoms with van der Waals surface area (Å²) in [5, 5.41) is 8.85. The molecule has 1 saturated heterocycles. The smallest absolute Gasteiger partial charge is 0.274 e. The molecule has 9 heteroatoms. The maximum atomic E-state index is 12.8. The molecule has 9 nitrogen and oxygen atoms in total. The molecule has 0 unspecified atom stereocenters. The van der Waals surface area contributed by atoms with Crippen LogP contribution in [0.3, 0.4) is 0 Å². The molecule has 2 aliphatic rings. The summed E-state index contributed by atoms with van der Waals surface area (Å²) in [5.74, 6) is 1.25. The second-order valence-electron chi connectivity index (χ2n) is 8.80. The standard InChI is InChI=1S/C23H27N7O2/c1-27(2)21-8-7-19(25-26-21)23(32)29-11-9-28(10-12-29)17-5-6-18-20(13-17)24-15-30(22(18)31)14-16-3-4-16/h5-8,13,15-16H,3-4,9-12,14H2,1-2H3. The summed E-state index contributed by atoms with van der Waals surface area (Å²) >= 11 is 0. The number of rotatable bonds is 5. The van der Waals surface area contributed by atoms with E-state index in [1.807, 2.05) is 42.1 Å². The molecule has 1 aliphatic carbocycles. The molecule has 1 aromatic carbocycles. The van der Waals surface area contributed by atoms with Crippen molar-refractivity contribution in [3.05, 3.63) is 52.7 Å². The minimum atomic E-state index is -0.0983.